The Labute approximate surface area is 98.5 Å². The molecule has 5 nitrogen and oxygen atoms in total. The molecule has 0 saturated carbocycles. The number of aromatic nitrogens is 1. The molecule has 0 spiro atoms. The highest BCUT2D eigenvalue weighted by atomic mass is 16.4. The Kier molecular flexibility index (Phi) is 3.72. The van der Waals surface area contributed by atoms with Gasteiger partial charge < -0.3 is 14.8 Å². The van der Waals surface area contributed by atoms with Crippen LogP contribution in [0.25, 0.3) is 11.1 Å². The van der Waals surface area contributed by atoms with Crippen molar-refractivity contribution in [1.29, 1.82) is 0 Å². The number of oxazole rings is 1. The second-order valence-corrected chi connectivity index (χ2v) is 3.80. The maximum absolute atomic E-state index is 10.5. The van der Waals surface area contributed by atoms with Gasteiger partial charge in [-0.05, 0) is 44.1 Å². The number of carboxylic acid groups (broad SMARTS) is 1. The van der Waals surface area contributed by atoms with Crippen molar-refractivity contribution in [2.24, 2.45) is 0 Å². The van der Waals surface area contributed by atoms with E-state index in [0.717, 1.165) is 0 Å². The summed E-state index contributed by atoms with van der Waals surface area (Å²) < 4.78 is 4.93. The Hall–Kier alpha value is -1.88. The van der Waals surface area contributed by atoms with Gasteiger partial charge in [0.1, 0.15) is 5.52 Å². The maximum Gasteiger partial charge on any atom is 0.335 e. The lowest BCUT2D eigenvalue weighted by molar-refractivity contribution is 0.0697. The molecule has 0 bridgehead atoms. The van der Waals surface area contributed by atoms with Gasteiger partial charge in [-0.1, -0.05) is 0 Å². The van der Waals surface area contributed by atoms with E-state index in [0.29, 0.717) is 11.1 Å². The van der Waals surface area contributed by atoms with Crippen molar-refractivity contribution in [3.05, 3.63) is 30.2 Å². The van der Waals surface area contributed by atoms with E-state index in [1.807, 2.05) is 0 Å². The molecule has 0 aliphatic carbocycles. The lowest BCUT2D eigenvalue weighted by Crippen LogP contribution is -2.03. The van der Waals surface area contributed by atoms with E-state index in [1.165, 1.54) is 44.5 Å². The van der Waals surface area contributed by atoms with Crippen molar-refractivity contribution >= 4 is 17.1 Å². The van der Waals surface area contributed by atoms with Crippen LogP contribution in [0, 0.1) is 0 Å². The average Bonchev–Trinajstić information content (AvgIpc) is 3.02. The number of rotatable bonds is 1. The molecule has 2 heterocycles. The SMILES string of the molecule is C1CCNC1.O=C(O)c1ccc2ncoc2c1. The number of hydrogen-bond acceptors (Lipinski definition) is 4. The molecule has 2 N–H and O–H groups in total. The fourth-order valence-electron chi connectivity index (χ4n) is 1.61. The van der Waals surface area contributed by atoms with Crippen LogP contribution in [0.5, 0.6) is 0 Å². The first-order valence-electron chi connectivity index (χ1n) is 5.54. The van der Waals surface area contributed by atoms with Crippen LogP contribution in [-0.4, -0.2) is 29.1 Å². The molecule has 1 aliphatic rings. The quantitative estimate of drug-likeness (QED) is 0.788. The normalized spacial score (nSPS) is 14.4. The molecule has 90 valence electrons. The van der Waals surface area contributed by atoms with Gasteiger partial charge >= 0.3 is 5.97 Å². The molecule has 3 rings (SSSR count). The average molecular weight is 234 g/mol. The summed E-state index contributed by atoms with van der Waals surface area (Å²) in [5.41, 5.74) is 1.37. The summed E-state index contributed by atoms with van der Waals surface area (Å²) in [6.07, 6.45) is 4.07. The first kappa shape index (κ1) is 11.6. The van der Waals surface area contributed by atoms with Crippen molar-refractivity contribution in [2.45, 2.75) is 12.8 Å². The number of benzene rings is 1. The summed E-state index contributed by atoms with van der Waals surface area (Å²) in [5.74, 6) is -0.965. The Morgan fingerprint density at radius 3 is 2.71 bits per heavy atom. The van der Waals surface area contributed by atoms with Crippen molar-refractivity contribution in [3.63, 3.8) is 0 Å². The van der Waals surface area contributed by atoms with E-state index >= 15 is 0 Å². The zero-order valence-corrected chi connectivity index (χ0v) is 9.35. The van der Waals surface area contributed by atoms with Crippen molar-refractivity contribution in [3.8, 4) is 0 Å². The molecule has 1 aromatic heterocycles. The van der Waals surface area contributed by atoms with Crippen LogP contribution in [0.15, 0.2) is 29.0 Å². The second-order valence-electron chi connectivity index (χ2n) is 3.80. The third-order valence-electron chi connectivity index (χ3n) is 2.54. The number of carboxylic acids is 1. The molecule has 1 fully saturated rings. The molecule has 0 atom stereocenters. The Bertz CT molecular complexity index is 496. The number of aromatic carboxylic acids is 1. The minimum absolute atomic E-state index is 0.208. The molecule has 2 aromatic rings. The van der Waals surface area contributed by atoms with Crippen molar-refractivity contribution in [1.82, 2.24) is 10.3 Å². The molecule has 0 radical (unpaired) electrons. The van der Waals surface area contributed by atoms with Crippen molar-refractivity contribution in [2.75, 3.05) is 13.1 Å². The third-order valence-corrected chi connectivity index (χ3v) is 2.54. The predicted molar refractivity (Wildman–Crippen MR) is 63.1 cm³/mol. The maximum atomic E-state index is 10.5. The summed E-state index contributed by atoms with van der Waals surface area (Å²) in [6, 6.07) is 4.56. The number of fused-ring (bicyclic) bond motifs is 1. The number of hydrogen-bond donors (Lipinski definition) is 2. The molecule has 0 unspecified atom stereocenters. The van der Waals surface area contributed by atoms with Gasteiger partial charge in [0.2, 0.25) is 0 Å². The van der Waals surface area contributed by atoms with Crippen LogP contribution in [0.3, 0.4) is 0 Å². The van der Waals surface area contributed by atoms with Crippen LogP contribution in [-0.2, 0) is 0 Å². The van der Waals surface area contributed by atoms with Crippen molar-refractivity contribution < 1.29 is 14.3 Å². The molecule has 1 aliphatic heterocycles. The van der Waals surface area contributed by atoms with E-state index < -0.39 is 5.97 Å². The number of nitrogens with one attached hydrogen (secondary N) is 1. The topological polar surface area (TPSA) is 75.4 Å². The summed E-state index contributed by atoms with van der Waals surface area (Å²) in [4.78, 5) is 14.4. The van der Waals surface area contributed by atoms with Crippen LogP contribution in [0.4, 0.5) is 0 Å². The van der Waals surface area contributed by atoms with Gasteiger partial charge in [0, 0.05) is 0 Å². The van der Waals surface area contributed by atoms with E-state index in [-0.39, 0.29) is 5.56 Å². The highest BCUT2D eigenvalue weighted by molar-refractivity contribution is 5.91. The van der Waals surface area contributed by atoms with E-state index in [4.69, 9.17) is 9.52 Å². The molecule has 17 heavy (non-hydrogen) atoms. The van der Waals surface area contributed by atoms with Gasteiger partial charge in [0.25, 0.3) is 0 Å². The number of carbonyl (C=O) groups is 1. The largest absolute Gasteiger partial charge is 0.478 e. The lowest BCUT2D eigenvalue weighted by atomic mass is 10.2. The summed E-state index contributed by atoms with van der Waals surface area (Å²) in [5, 5.41) is 11.8. The monoisotopic (exact) mass is 234 g/mol. The Morgan fingerprint density at radius 2 is 2.12 bits per heavy atom. The van der Waals surface area contributed by atoms with Crippen LogP contribution < -0.4 is 5.32 Å². The second kappa shape index (κ2) is 5.45. The highest BCUT2D eigenvalue weighted by Gasteiger charge is 2.05. The standard InChI is InChI=1S/C8H5NO3.C4H9N/c10-8(11)5-1-2-6-7(3-5)12-4-9-6;1-2-4-5-3-1/h1-4H,(H,10,11);5H,1-4H2. The fourth-order valence-corrected chi connectivity index (χ4v) is 1.61. The van der Waals surface area contributed by atoms with Gasteiger partial charge in [0.05, 0.1) is 5.56 Å². The molecular weight excluding hydrogens is 220 g/mol. The minimum atomic E-state index is -0.965. The molecule has 1 saturated heterocycles. The minimum Gasteiger partial charge on any atom is -0.478 e. The molecular formula is C12H14N2O3. The first-order valence-corrected chi connectivity index (χ1v) is 5.54. The molecule has 0 amide bonds. The van der Waals surface area contributed by atoms with Crippen LogP contribution in [0.1, 0.15) is 23.2 Å². The summed E-state index contributed by atoms with van der Waals surface area (Å²) >= 11 is 0. The summed E-state index contributed by atoms with van der Waals surface area (Å²) in [7, 11) is 0. The van der Waals surface area contributed by atoms with E-state index in [9.17, 15) is 4.79 Å². The van der Waals surface area contributed by atoms with Crippen LogP contribution in [0.2, 0.25) is 0 Å². The van der Waals surface area contributed by atoms with Gasteiger partial charge in [0.15, 0.2) is 12.0 Å². The smallest absolute Gasteiger partial charge is 0.335 e. The zero-order chi connectivity index (χ0) is 12.1. The van der Waals surface area contributed by atoms with Gasteiger partial charge in [-0.25, -0.2) is 9.78 Å². The van der Waals surface area contributed by atoms with Gasteiger partial charge in [-0.15, -0.1) is 0 Å². The van der Waals surface area contributed by atoms with E-state index in [1.54, 1.807) is 6.07 Å². The zero-order valence-electron chi connectivity index (χ0n) is 9.35. The van der Waals surface area contributed by atoms with Gasteiger partial charge in [-0.3, -0.25) is 0 Å². The lowest BCUT2D eigenvalue weighted by Gasteiger charge is -1.91. The van der Waals surface area contributed by atoms with Gasteiger partial charge in [-0.2, -0.15) is 0 Å². The molecule has 1 aromatic carbocycles. The highest BCUT2D eigenvalue weighted by Crippen LogP contribution is 2.13. The first-order chi connectivity index (χ1) is 8.27. The Balaban J connectivity index is 0.000000181. The summed E-state index contributed by atoms with van der Waals surface area (Å²) in [6.45, 7) is 2.50. The molecule has 5 heteroatoms. The van der Waals surface area contributed by atoms with Crippen LogP contribution >= 0.6 is 0 Å². The number of nitrogens with zero attached hydrogens (tertiary/aromatic N) is 1. The fraction of sp³-hybridized carbons (Fsp3) is 0.333. The van der Waals surface area contributed by atoms with E-state index in [2.05, 4.69) is 10.3 Å². The predicted octanol–water partition coefficient (Wildman–Crippen LogP) is 1.90. The third kappa shape index (κ3) is 3.04. The Morgan fingerprint density at radius 1 is 1.35 bits per heavy atom.